The van der Waals surface area contributed by atoms with Crippen LogP contribution in [0.4, 0.5) is 0 Å². The number of hydrogen-bond donors (Lipinski definition) is 1. The zero-order valence-corrected chi connectivity index (χ0v) is 13.9. The first-order valence-electron chi connectivity index (χ1n) is 7.03. The zero-order valence-electron chi connectivity index (χ0n) is 13.1. The highest BCUT2D eigenvalue weighted by Gasteiger charge is 2.14. The fourth-order valence-corrected chi connectivity index (χ4v) is 2.47. The van der Waals surface area contributed by atoms with Crippen LogP contribution < -0.4 is 5.32 Å². The van der Waals surface area contributed by atoms with E-state index in [-0.39, 0.29) is 4.75 Å². The van der Waals surface area contributed by atoms with Gasteiger partial charge in [0.2, 0.25) is 0 Å². The lowest BCUT2D eigenvalue weighted by Crippen LogP contribution is -2.21. The number of aryl methyl sites for hydroxylation is 1. The van der Waals surface area contributed by atoms with Gasteiger partial charge in [-0.25, -0.2) is 9.97 Å². The Kier molecular flexibility index (Phi) is 6.27. The van der Waals surface area contributed by atoms with Crippen LogP contribution in [0.2, 0.25) is 0 Å². The van der Waals surface area contributed by atoms with Gasteiger partial charge in [0, 0.05) is 28.2 Å². The van der Waals surface area contributed by atoms with Crippen LogP contribution in [-0.2, 0) is 5.75 Å². The predicted octanol–water partition coefficient (Wildman–Crippen LogP) is 3.88. The summed E-state index contributed by atoms with van der Waals surface area (Å²) in [6, 6.07) is 0.323. The minimum absolute atomic E-state index is 0.256. The van der Waals surface area contributed by atoms with Gasteiger partial charge in [-0.15, -0.1) is 11.8 Å². The van der Waals surface area contributed by atoms with Gasteiger partial charge in [0.1, 0.15) is 5.82 Å². The quantitative estimate of drug-likeness (QED) is 0.859. The molecule has 0 aliphatic rings. The highest BCUT2D eigenvalue weighted by molar-refractivity contribution is 7.99. The van der Waals surface area contributed by atoms with Gasteiger partial charge in [0.15, 0.2) is 0 Å². The minimum Gasteiger partial charge on any atom is -0.310 e. The first-order valence-corrected chi connectivity index (χ1v) is 8.02. The molecule has 1 N–H and O–H groups in total. The Hall–Kier alpha value is -0.610. The molecule has 1 heterocycles. The fraction of sp³-hybridized carbons (Fsp3) is 0.733. The summed E-state index contributed by atoms with van der Waals surface area (Å²) < 4.78 is 0.256. The average molecular weight is 281 g/mol. The van der Waals surface area contributed by atoms with E-state index in [0.29, 0.717) is 6.04 Å². The average Bonchev–Trinajstić information content (AvgIpc) is 2.32. The lowest BCUT2D eigenvalue weighted by molar-refractivity contribution is 0.563. The summed E-state index contributed by atoms with van der Waals surface area (Å²) in [6.07, 6.45) is 3.12. The van der Waals surface area contributed by atoms with Gasteiger partial charge in [-0.1, -0.05) is 27.7 Å². The van der Waals surface area contributed by atoms with Crippen molar-refractivity contribution in [2.75, 3.05) is 6.54 Å². The van der Waals surface area contributed by atoms with Gasteiger partial charge in [0.05, 0.1) is 5.75 Å². The van der Waals surface area contributed by atoms with E-state index in [4.69, 9.17) is 0 Å². The summed E-state index contributed by atoms with van der Waals surface area (Å²) in [4.78, 5) is 9.13. The smallest absolute Gasteiger partial charge is 0.138 e. The molecule has 0 radical (unpaired) electrons. The standard InChI is InChI=1S/C15H27N3S/c1-7-8-16-11(2)13-9-17-14(18-12(13)3)10-19-15(4,5)6/h9,11,16H,7-8,10H2,1-6H3. The van der Waals surface area contributed by atoms with Gasteiger partial charge in [-0.05, 0) is 26.8 Å². The molecule has 0 fully saturated rings. The number of rotatable bonds is 6. The number of nitrogens with one attached hydrogen (secondary N) is 1. The maximum Gasteiger partial charge on any atom is 0.138 e. The minimum atomic E-state index is 0.256. The molecule has 0 saturated carbocycles. The fourth-order valence-electron chi connectivity index (χ4n) is 1.77. The van der Waals surface area contributed by atoms with E-state index in [9.17, 15) is 0 Å². The molecule has 1 rings (SSSR count). The number of hydrogen-bond acceptors (Lipinski definition) is 4. The molecule has 108 valence electrons. The van der Waals surface area contributed by atoms with E-state index in [1.165, 1.54) is 5.56 Å². The van der Waals surface area contributed by atoms with Crippen LogP contribution in [0.3, 0.4) is 0 Å². The van der Waals surface area contributed by atoms with Crippen LogP contribution in [0.5, 0.6) is 0 Å². The van der Waals surface area contributed by atoms with Crippen molar-refractivity contribution in [1.29, 1.82) is 0 Å². The Balaban J connectivity index is 2.69. The zero-order chi connectivity index (χ0) is 14.5. The summed E-state index contributed by atoms with van der Waals surface area (Å²) in [5.41, 5.74) is 2.30. The number of nitrogens with zero attached hydrogens (tertiary/aromatic N) is 2. The van der Waals surface area contributed by atoms with E-state index in [1.807, 2.05) is 18.0 Å². The molecule has 0 aliphatic carbocycles. The Labute approximate surface area is 122 Å². The van der Waals surface area contributed by atoms with Gasteiger partial charge in [0.25, 0.3) is 0 Å². The second-order valence-corrected chi connectivity index (χ2v) is 7.71. The third-order valence-corrected chi connectivity index (χ3v) is 4.14. The van der Waals surface area contributed by atoms with Crippen molar-refractivity contribution >= 4 is 11.8 Å². The van der Waals surface area contributed by atoms with Crippen molar-refractivity contribution in [3.05, 3.63) is 23.3 Å². The predicted molar refractivity (Wildman–Crippen MR) is 84.5 cm³/mol. The molecule has 0 aromatic carbocycles. The summed E-state index contributed by atoms with van der Waals surface area (Å²) in [6.45, 7) is 14.1. The SMILES string of the molecule is CCCNC(C)c1cnc(CSC(C)(C)C)nc1C. The molecular formula is C15H27N3S. The van der Waals surface area contributed by atoms with Crippen LogP contribution in [0.15, 0.2) is 6.20 Å². The van der Waals surface area contributed by atoms with E-state index in [2.05, 4.69) is 56.8 Å². The maximum absolute atomic E-state index is 4.63. The Bertz CT molecular complexity index is 399. The molecular weight excluding hydrogens is 254 g/mol. The van der Waals surface area contributed by atoms with Gasteiger partial charge in [-0.3, -0.25) is 0 Å². The molecule has 1 aromatic heterocycles. The van der Waals surface area contributed by atoms with Crippen molar-refractivity contribution in [2.45, 2.75) is 64.5 Å². The van der Waals surface area contributed by atoms with Crippen molar-refractivity contribution < 1.29 is 0 Å². The molecule has 19 heavy (non-hydrogen) atoms. The lowest BCUT2D eigenvalue weighted by Gasteiger charge is -2.18. The molecule has 4 heteroatoms. The van der Waals surface area contributed by atoms with E-state index < -0.39 is 0 Å². The molecule has 0 spiro atoms. The van der Waals surface area contributed by atoms with Crippen molar-refractivity contribution in [3.8, 4) is 0 Å². The summed E-state index contributed by atoms with van der Waals surface area (Å²) in [5, 5.41) is 3.48. The second-order valence-electron chi connectivity index (χ2n) is 5.90. The van der Waals surface area contributed by atoms with Crippen LogP contribution >= 0.6 is 11.8 Å². The van der Waals surface area contributed by atoms with Crippen LogP contribution in [0, 0.1) is 6.92 Å². The normalized spacial score (nSPS) is 13.6. The molecule has 0 bridgehead atoms. The lowest BCUT2D eigenvalue weighted by atomic mass is 10.1. The highest BCUT2D eigenvalue weighted by atomic mass is 32.2. The summed E-state index contributed by atoms with van der Waals surface area (Å²) >= 11 is 1.88. The first-order chi connectivity index (χ1) is 8.83. The van der Waals surface area contributed by atoms with Gasteiger partial charge >= 0.3 is 0 Å². The van der Waals surface area contributed by atoms with Gasteiger partial charge in [-0.2, -0.15) is 0 Å². The second kappa shape index (κ2) is 7.25. The summed E-state index contributed by atoms with van der Waals surface area (Å²) in [7, 11) is 0. The molecule has 1 aromatic rings. The topological polar surface area (TPSA) is 37.8 Å². The van der Waals surface area contributed by atoms with Crippen LogP contribution in [-0.4, -0.2) is 21.3 Å². The van der Waals surface area contributed by atoms with Crippen LogP contribution in [0.1, 0.15) is 64.2 Å². The van der Waals surface area contributed by atoms with E-state index >= 15 is 0 Å². The Morgan fingerprint density at radius 1 is 1.37 bits per heavy atom. The van der Waals surface area contributed by atoms with Crippen molar-refractivity contribution in [1.82, 2.24) is 15.3 Å². The molecule has 1 atom stereocenters. The molecule has 0 saturated heterocycles. The number of thioether (sulfide) groups is 1. The molecule has 1 unspecified atom stereocenters. The summed E-state index contributed by atoms with van der Waals surface area (Å²) in [5.74, 6) is 1.81. The highest BCUT2D eigenvalue weighted by Crippen LogP contribution is 2.26. The first kappa shape index (κ1) is 16.4. The third-order valence-electron chi connectivity index (χ3n) is 2.87. The van der Waals surface area contributed by atoms with E-state index in [1.54, 1.807) is 0 Å². The molecule has 0 amide bonds. The number of aromatic nitrogens is 2. The van der Waals surface area contributed by atoms with E-state index in [0.717, 1.165) is 30.2 Å². The van der Waals surface area contributed by atoms with Crippen LogP contribution in [0.25, 0.3) is 0 Å². The largest absolute Gasteiger partial charge is 0.310 e. The Morgan fingerprint density at radius 2 is 2.05 bits per heavy atom. The van der Waals surface area contributed by atoms with Crippen molar-refractivity contribution in [2.24, 2.45) is 0 Å². The molecule has 0 aliphatic heterocycles. The maximum atomic E-state index is 4.63. The van der Waals surface area contributed by atoms with Gasteiger partial charge < -0.3 is 5.32 Å². The monoisotopic (exact) mass is 281 g/mol. The Morgan fingerprint density at radius 3 is 2.58 bits per heavy atom. The third kappa shape index (κ3) is 5.91. The van der Waals surface area contributed by atoms with Crippen molar-refractivity contribution in [3.63, 3.8) is 0 Å². The molecule has 3 nitrogen and oxygen atoms in total.